The van der Waals surface area contributed by atoms with Gasteiger partial charge in [-0.3, -0.25) is 10.1 Å². The summed E-state index contributed by atoms with van der Waals surface area (Å²) < 4.78 is 0. The third-order valence-electron chi connectivity index (χ3n) is 1.89. The van der Waals surface area contributed by atoms with Crippen LogP contribution in [-0.2, 0) is 0 Å². The zero-order valence-electron chi connectivity index (χ0n) is 9.21. The Hall–Kier alpha value is -2.15. The number of nitrogens with zero attached hydrogens (tertiary/aromatic N) is 1. The molecule has 7 nitrogen and oxygen atoms in total. The van der Waals surface area contributed by atoms with Gasteiger partial charge in [0, 0.05) is 24.4 Å². The predicted octanol–water partition coefficient (Wildman–Crippen LogP) is 1.10. The van der Waals surface area contributed by atoms with Crippen molar-refractivity contribution in [2.45, 2.75) is 13.0 Å². The summed E-state index contributed by atoms with van der Waals surface area (Å²) in [6, 6.07) is 4.98. The number of non-ortho nitro benzene ring substituents is 1. The summed E-state index contributed by atoms with van der Waals surface area (Å²) >= 11 is 0. The lowest BCUT2D eigenvalue weighted by Crippen LogP contribution is -2.34. The molecule has 7 heteroatoms. The molecule has 0 saturated carbocycles. The number of hydrogen-bond donors (Lipinski definition) is 3. The Morgan fingerprint density at radius 3 is 2.53 bits per heavy atom. The highest BCUT2D eigenvalue weighted by Gasteiger charge is 2.06. The zero-order valence-corrected chi connectivity index (χ0v) is 9.21. The van der Waals surface area contributed by atoms with E-state index >= 15 is 0 Å². The minimum atomic E-state index is -0.627. The number of carbonyl (C=O) groups excluding carboxylic acids is 1. The first-order chi connectivity index (χ1) is 7.99. The molecule has 3 N–H and O–H groups in total. The van der Waals surface area contributed by atoms with E-state index in [9.17, 15) is 14.9 Å². The Morgan fingerprint density at radius 2 is 2.06 bits per heavy atom. The number of anilines is 1. The van der Waals surface area contributed by atoms with Crippen LogP contribution in [0.4, 0.5) is 16.2 Å². The molecule has 1 rings (SSSR count). The Balaban J connectivity index is 2.51. The van der Waals surface area contributed by atoms with E-state index in [1.54, 1.807) is 6.92 Å². The maximum atomic E-state index is 11.3. The maximum absolute atomic E-state index is 11.3. The summed E-state index contributed by atoms with van der Waals surface area (Å²) in [6.07, 6.45) is -0.627. The third kappa shape index (κ3) is 4.47. The normalized spacial score (nSPS) is 11.6. The van der Waals surface area contributed by atoms with E-state index < -0.39 is 17.1 Å². The van der Waals surface area contributed by atoms with Crippen LogP contribution in [0.5, 0.6) is 0 Å². The third-order valence-corrected chi connectivity index (χ3v) is 1.89. The van der Waals surface area contributed by atoms with Gasteiger partial charge in [0.15, 0.2) is 0 Å². The Morgan fingerprint density at radius 1 is 1.47 bits per heavy atom. The molecule has 0 aliphatic carbocycles. The molecule has 0 unspecified atom stereocenters. The number of rotatable bonds is 4. The van der Waals surface area contributed by atoms with E-state index in [4.69, 9.17) is 5.11 Å². The molecule has 1 atom stereocenters. The molecule has 0 aliphatic rings. The molecule has 0 heterocycles. The molecule has 0 fully saturated rings. The number of carbonyl (C=O) groups is 1. The molecule has 1 aromatic carbocycles. The summed E-state index contributed by atoms with van der Waals surface area (Å²) in [6.45, 7) is 1.69. The number of amides is 2. The van der Waals surface area contributed by atoms with Crippen LogP contribution in [0.25, 0.3) is 0 Å². The summed E-state index contributed by atoms with van der Waals surface area (Å²) in [5.41, 5.74) is 0.402. The largest absolute Gasteiger partial charge is 0.392 e. The van der Waals surface area contributed by atoms with Gasteiger partial charge in [0.25, 0.3) is 5.69 Å². The van der Waals surface area contributed by atoms with Gasteiger partial charge in [0.2, 0.25) is 0 Å². The van der Waals surface area contributed by atoms with Crippen LogP contribution in [0, 0.1) is 10.1 Å². The van der Waals surface area contributed by atoms with Crippen LogP contribution in [0.2, 0.25) is 0 Å². The molecule has 0 bridgehead atoms. The number of aliphatic hydroxyl groups is 1. The van der Waals surface area contributed by atoms with E-state index in [1.165, 1.54) is 24.3 Å². The molecule has 0 saturated heterocycles. The number of benzene rings is 1. The highest BCUT2D eigenvalue weighted by atomic mass is 16.6. The van der Waals surface area contributed by atoms with Gasteiger partial charge >= 0.3 is 6.03 Å². The van der Waals surface area contributed by atoms with Crippen LogP contribution in [-0.4, -0.2) is 28.7 Å². The first-order valence-electron chi connectivity index (χ1n) is 4.96. The number of hydrogen-bond acceptors (Lipinski definition) is 4. The highest BCUT2D eigenvalue weighted by Crippen LogP contribution is 2.14. The van der Waals surface area contributed by atoms with Gasteiger partial charge in [-0.25, -0.2) is 4.79 Å². The van der Waals surface area contributed by atoms with Crippen LogP contribution in [0.3, 0.4) is 0 Å². The second kappa shape index (κ2) is 5.80. The van der Waals surface area contributed by atoms with Crippen molar-refractivity contribution < 1.29 is 14.8 Å². The highest BCUT2D eigenvalue weighted by molar-refractivity contribution is 5.89. The van der Waals surface area contributed by atoms with E-state index in [1.807, 2.05) is 0 Å². The van der Waals surface area contributed by atoms with Crippen LogP contribution >= 0.6 is 0 Å². The number of aliphatic hydroxyl groups excluding tert-OH is 1. The molecule has 0 spiro atoms. The minimum absolute atomic E-state index is 0.0417. The molecule has 0 radical (unpaired) electrons. The average Bonchev–Trinajstić information content (AvgIpc) is 2.27. The van der Waals surface area contributed by atoms with Crippen molar-refractivity contribution in [1.82, 2.24) is 5.32 Å². The molecule has 17 heavy (non-hydrogen) atoms. The fourth-order valence-electron chi connectivity index (χ4n) is 1.08. The molecule has 92 valence electrons. The van der Waals surface area contributed by atoms with Crippen LogP contribution in [0.1, 0.15) is 6.92 Å². The number of nitrogens with one attached hydrogen (secondary N) is 2. The fourth-order valence-corrected chi connectivity index (χ4v) is 1.08. The lowest BCUT2D eigenvalue weighted by molar-refractivity contribution is -0.384. The Labute approximate surface area is 97.6 Å². The first-order valence-corrected chi connectivity index (χ1v) is 4.96. The summed E-state index contributed by atoms with van der Waals surface area (Å²) in [5.74, 6) is 0. The Kier molecular flexibility index (Phi) is 4.41. The molecule has 0 aliphatic heterocycles. The van der Waals surface area contributed by atoms with Gasteiger partial charge in [0.05, 0.1) is 11.0 Å². The van der Waals surface area contributed by atoms with Crippen molar-refractivity contribution >= 4 is 17.4 Å². The predicted molar refractivity (Wildman–Crippen MR) is 61.8 cm³/mol. The SMILES string of the molecule is C[C@H](O)CNC(=O)Nc1ccc([N+](=O)[O-])cc1. The molecule has 1 aromatic rings. The average molecular weight is 239 g/mol. The van der Waals surface area contributed by atoms with E-state index in [2.05, 4.69) is 10.6 Å². The number of nitro benzene ring substituents is 1. The summed E-state index contributed by atoms with van der Waals surface area (Å²) in [5, 5.41) is 24.3. The van der Waals surface area contributed by atoms with Crippen molar-refractivity contribution in [1.29, 1.82) is 0 Å². The zero-order chi connectivity index (χ0) is 12.8. The standard InChI is InChI=1S/C10H13N3O4/c1-7(14)6-11-10(15)12-8-2-4-9(5-3-8)13(16)17/h2-5,7,14H,6H2,1H3,(H2,11,12,15)/t7-/m0/s1. The van der Waals surface area contributed by atoms with Gasteiger partial charge in [-0.2, -0.15) is 0 Å². The topological polar surface area (TPSA) is 104 Å². The summed E-state index contributed by atoms with van der Waals surface area (Å²) in [4.78, 5) is 21.1. The van der Waals surface area contributed by atoms with Gasteiger partial charge in [-0.1, -0.05) is 0 Å². The Bertz CT molecular complexity index is 403. The van der Waals surface area contributed by atoms with Crippen molar-refractivity contribution in [2.24, 2.45) is 0 Å². The van der Waals surface area contributed by atoms with Crippen molar-refractivity contribution in [3.8, 4) is 0 Å². The quantitative estimate of drug-likeness (QED) is 0.540. The summed E-state index contributed by atoms with van der Waals surface area (Å²) in [7, 11) is 0. The van der Waals surface area contributed by atoms with Crippen molar-refractivity contribution in [3.63, 3.8) is 0 Å². The molecule has 0 aromatic heterocycles. The smallest absolute Gasteiger partial charge is 0.319 e. The first kappa shape index (κ1) is 12.9. The van der Waals surface area contributed by atoms with Gasteiger partial charge in [0.1, 0.15) is 0 Å². The van der Waals surface area contributed by atoms with Gasteiger partial charge in [-0.15, -0.1) is 0 Å². The maximum Gasteiger partial charge on any atom is 0.319 e. The van der Waals surface area contributed by atoms with Crippen molar-refractivity contribution in [3.05, 3.63) is 34.4 Å². The van der Waals surface area contributed by atoms with E-state index in [0.29, 0.717) is 5.69 Å². The van der Waals surface area contributed by atoms with E-state index in [-0.39, 0.29) is 12.2 Å². The number of nitro groups is 1. The second-order valence-corrected chi connectivity index (χ2v) is 3.49. The fraction of sp³-hybridized carbons (Fsp3) is 0.300. The monoisotopic (exact) mass is 239 g/mol. The van der Waals surface area contributed by atoms with E-state index in [0.717, 1.165) is 0 Å². The van der Waals surface area contributed by atoms with Gasteiger partial charge in [-0.05, 0) is 19.1 Å². The van der Waals surface area contributed by atoms with Gasteiger partial charge < -0.3 is 15.7 Å². The molecular weight excluding hydrogens is 226 g/mol. The number of urea groups is 1. The van der Waals surface area contributed by atoms with Crippen LogP contribution in [0.15, 0.2) is 24.3 Å². The molecular formula is C10H13N3O4. The molecule has 2 amide bonds. The van der Waals surface area contributed by atoms with Crippen LogP contribution < -0.4 is 10.6 Å². The minimum Gasteiger partial charge on any atom is -0.392 e. The van der Waals surface area contributed by atoms with Crippen molar-refractivity contribution in [2.75, 3.05) is 11.9 Å². The second-order valence-electron chi connectivity index (χ2n) is 3.49. The lowest BCUT2D eigenvalue weighted by atomic mass is 10.3. The lowest BCUT2D eigenvalue weighted by Gasteiger charge is -2.08.